The zero-order valence-corrected chi connectivity index (χ0v) is 10.7. The van der Waals surface area contributed by atoms with E-state index in [2.05, 4.69) is 22.2 Å². The second kappa shape index (κ2) is 5.46. The number of carboxylic acid groups (broad SMARTS) is 1. The van der Waals surface area contributed by atoms with Gasteiger partial charge in [-0.1, -0.05) is 0 Å². The number of thiazole rings is 1. The Kier molecular flexibility index (Phi) is 3.96. The van der Waals surface area contributed by atoms with Gasteiger partial charge < -0.3 is 15.3 Å². The first-order chi connectivity index (χ1) is 8.13. The number of nitrogens with one attached hydrogen (secondary N) is 1. The van der Waals surface area contributed by atoms with Crippen LogP contribution in [-0.2, 0) is 11.2 Å². The highest BCUT2D eigenvalue weighted by atomic mass is 32.1. The quantitative estimate of drug-likeness (QED) is 0.848. The van der Waals surface area contributed by atoms with Crippen molar-refractivity contribution in [1.82, 2.24) is 9.88 Å². The van der Waals surface area contributed by atoms with Crippen molar-refractivity contribution in [2.24, 2.45) is 0 Å². The third-order valence-electron chi connectivity index (χ3n) is 2.84. The van der Waals surface area contributed by atoms with Gasteiger partial charge in [-0.25, -0.2) is 4.98 Å². The monoisotopic (exact) mass is 255 g/mol. The maximum atomic E-state index is 10.5. The van der Waals surface area contributed by atoms with Crippen LogP contribution in [0.2, 0.25) is 0 Å². The van der Waals surface area contributed by atoms with E-state index in [4.69, 9.17) is 5.11 Å². The van der Waals surface area contributed by atoms with Crippen molar-refractivity contribution in [1.29, 1.82) is 0 Å². The van der Waals surface area contributed by atoms with Crippen molar-refractivity contribution < 1.29 is 9.90 Å². The molecule has 5 nitrogen and oxygen atoms in total. The lowest BCUT2D eigenvalue weighted by Gasteiger charge is -2.29. The van der Waals surface area contributed by atoms with Crippen LogP contribution in [0, 0.1) is 0 Å². The molecule has 0 aliphatic carbocycles. The van der Waals surface area contributed by atoms with E-state index in [-0.39, 0.29) is 6.42 Å². The van der Waals surface area contributed by atoms with E-state index in [1.807, 2.05) is 5.38 Å². The zero-order chi connectivity index (χ0) is 12.3. The third-order valence-corrected chi connectivity index (χ3v) is 3.66. The Bertz CT molecular complexity index is 394. The fourth-order valence-electron chi connectivity index (χ4n) is 2.07. The predicted octanol–water partition coefficient (Wildman–Crippen LogP) is 1.28. The number of likely N-dealkylation sites (N-methyl/N-ethyl adjacent to an activating group) is 1. The molecular formula is C11H17N3O2S. The van der Waals surface area contributed by atoms with Crippen LogP contribution in [0.1, 0.15) is 18.5 Å². The molecule has 1 aromatic heterocycles. The van der Waals surface area contributed by atoms with Gasteiger partial charge >= 0.3 is 5.97 Å². The first kappa shape index (κ1) is 12.3. The number of piperidine rings is 1. The van der Waals surface area contributed by atoms with Gasteiger partial charge in [0.1, 0.15) is 0 Å². The topological polar surface area (TPSA) is 65.5 Å². The average Bonchev–Trinajstić information content (AvgIpc) is 2.64. The molecule has 1 aliphatic heterocycles. The fraction of sp³-hybridized carbons (Fsp3) is 0.636. The molecule has 1 unspecified atom stereocenters. The van der Waals surface area contributed by atoms with Crippen molar-refractivity contribution in [3.63, 3.8) is 0 Å². The molecule has 0 radical (unpaired) electrons. The van der Waals surface area contributed by atoms with Gasteiger partial charge in [-0.05, 0) is 26.4 Å². The molecule has 1 aromatic rings. The van der Waals surface area contributed by atoms with Crippen LogP contribution >= 0.6 is 11.3 Å². The van der Waals surface area contributed by atoms with Gasteiger partial charge in [0.05, 0.1) is 12.1 Å². The van der Waals surface area contributed by atoms with E-state index in [9.17, 15) is 4.79 Å². The largest absolute Gasteiger partial charge is 0.481 e. The molecule has 2 heterocycles. The molecule has 17 heavy (non-hydrogen) atoms. The highest BCUT2D eigenvalue weighted by molar-refractivity contribution is 7.13. The van der Waals surface area contributed by atoms with Crippen LogP contribution in [0.15, 0.2) is 5.38 Å². The van der Waals surface area contributed by atoms with Crippen LogP contribution in [0.3, 0.4) is 0 Å². The highest BCUT2D eigenvalue weighted by Gasteiger charge is 2.18. The summed E-state index contributed by atoms with van der Waals surface area (Å²) in [6.45, 7) is 2.17. The zero-order valence-electron chi connectivity index (χ0n) is 9.85. The number of carboxylic acids is 1. The number of hydrogen-bond donors (Lipinski definition) is 2. The normalized spacial score (nSPS) is 21.4. The minimum absolute atomic E-state index is 0.00273. The van der Waals surface area contributed by atoms with Crippen molar-refractivity contribution in [3.05, 3.63) is 11.1 Å². The minimum atomic E-state index is -0.834. The summed E-state index contributed by atoms with van der Waals surface area (Å²) in [7, 11) is 2.12. The molecule has 0 spiro atoms. The van der Waals surface area contributed by atoms with Crippen LogP contribution in [0.5, 0.6) is 0 Å². The molecule has 6 heteroatoms. The van der Waals surface area contributed by atoms with Gasteiger partial charge in [0, 0.05) is 18.0 Å². The second-order valence-corrected chi connectivity index (χ2v) is 5.32. The number of aliphatic carboxylic acids is 1. The van der Waals surface area contributed by atoms with Crippen LogP contribution in [0.4, 0.5) is 5.13 Å². The summed E-state index contributed by atoms with van der Waals surface area (Å²) in [5.41, 5.74) is 0.633. The average molecular weight is 255 g/mol. The Morgan fingerprint density at radius 3 is 3.29 bits per heavy atom. The Labute approximate surface area is 104 Å². The van der Waals surface area contributed by atoms with Crippen molar-refractivity contribution in [2.75, 3.05) is 25.5 Å². The van der Waals surface area contributed by atoms with Gasteiger partial charge in [-0.3, -0.25) is 4.79 Å². The van der Waals surface area contributed by atoms with Gasteiger partial charge in [0.15, 0.2) is 5.13 Å². The van der Waals surface area contributed by atoms with Gasteiger partial charge in [-0.15, -0.1) is 11.3 Å². The van der Waals surface area contributed by atoms with E-state index in [1.54, 1.807) is 0 Å². The lowest BCUT2D eigenvalue weighted by atomic mass is 10.1. The molecule has 1 fully saturated rings. The van der Waals surface area contributed by atoms with Gasteiger partial charge in [-0.2, -0.15) is 0 Å². The molecule has 0 bridgehead atoms. The summed E-state index contributed by atoms with van der Waals surface area (Å²) in [6.07, 6.45) is 2.35. The van der Waals surface area contributed by atoms with Crippen molar-refractivity contribution in [3.8, 4) is 0 Å². The number of nitrogens with zero attached hydrogens (tertiary/aromatic N) is 2. The number of rotatable bonds is 4. The Balaban J connectivity index is 1.89. The number of anilines is 1. The predicted molar refractivity (Wildman–Crippen MR) is 67.6 cm³/mol. The molecule has 2 N–H and O–H groups in total. The van der Waals surface area contributed by atoms with Crippen molar-refractivity contribution >= 4 is 22.4 Å². The van der Waals surface area contributed by atoms with E-state index in [0.29, 0.717) is 11.7 Å². The first-order valence-electron chi connectivity index (χ1n) is 5.75. The van der Waals surface area contributed by atoms with E-state index in [1.165, 1.54) is 17.8 Å². The van der Waals surface area contributed by atoms with Crippen LogP contribution in [-0.4, -0.2) is 47.1 Å². The molecule has 94 valence electrons. The Hall–Kier alpha value is -1.14. The maximum absolute atomic E-state index is 10.5. The Morgan fingerprint density at radius 1 is 1.76 bits per heavy atom. The summed E-state index contributed by atoms with van der Waals surface area (Å²) in [6, 6.07) is 0.428. The molecule has 2 rings (SSSR count). The number of carbonyl (C=O) groups is 1. The molecule has 0 amide bonds. The van der Waals surface area contributed by atoms with Gasteiger partial charge in [0.2, 0.25) is 0 Å². The number of likely N-dealkylation sites (tertiary alicyclic amines) is 1. The molecule has 1 atom stereocenters. The first-order valence-corrected chi connectivity index (χ1v) is 6.63. The molecule has 0 aromatic carbocycles. The van der Waals surface area contributed by atoms with E-state index >= 15 is 0 Å². The van der Waals surface area contributed by atoms with Crippen LogP contribution < -0.4 is 5.32 Å². The SMILES string of the molecule is CN1CCCC(Nc2nc(CC(=O)O)cs2)C1. The minimum Gasteiger partial charge on any atom is -0.481 e. The van der Waals surface area contributed by atoms with Crippen molar-refractivity contribution in [2.45, 2.75) is 25.3 Å². The summed E-state index contributed by atoms with van der Waals surface area (Å²) >= 11 is 1.48. The second-order valence-electron chi connectivity index (χ2n) is 4.46. The third kappa shape index (κ3) is 3.67. The van der Waals surface area contributed by atoms with E-state index in [0.717, 1.165) is 24.6 Å². The molecule has 0 saturated carbocycles. The summed E-state index contributed by atoms with van der Waals surface area (Å²) < 4.78 is 0. The number of hydrogen-bond acceptors (Lipinski definition) is 5. The maximum Gasteiger partial charge on any atom is 0.309 e. The summed E-state index contributed by atoms with van der Waals surface area (Å²) in [5.74, 6) is -0.834. The van der Waals surface area contributed by atoms with Gasteiger partial charge in [0.25, 0.3) is 0 Å². The summed E-state index contributed by atoms with van der Waals surface area (Å²) in [4.78, 5) is 17.1. The fourth-order valence-corrected chi connectivity index (χ4v) is 2.86. The lowest BCUT2D eigenvalue weighted by molar-refractivity contribution is -0.136. The lowest BCUT2D eigenvalue weighted by Crippen LogP contribution is -2.39. The smallest absolute Gasteiger partial charge is 0.309 e. The highest BCUT2D eigenvalue weighted by Crippen LogP contribution is 2.19. The molecule has 1 aliphatic rings. The van der Waals surface area contributed by atoms with Crippen LogP contribution in [0.25, 0.3) is 0 Å². The molecule has 1 saturated heterocycles. The standard InChI is InChI=1S/C11H17N3O2S/c1-14-4-2-3-8(6-14)12-11-13-9(7-17-11)5-10(15)16/h7-8H,2-6H2,1H3,(H,12,13)(H,15,16). The molecular weight excluding hydrogens is 238 g/mol. The summed E-state index contributed by atoms with van der Waals surface area (Å²) in [5, 5.41) is 14.7. The number of aromatic nitrogens is 1. The Morgan fingerprint density at radius 2 is 2.59 bits per heavy atom. The van der Waals surface area contributed by atoms with E-state index < -0.39 is 5.97 Å².